The molecule has 8 heteroatoms. The third-order valence-electron chi connectivity index (χ3n) is 3.83. The van der Waals surface area contributed by atoms with Gasteiger partial charge in [0.05, 0.1) is 35.0 Å². The number of ether oxygens (including phenoxy) is 1. The van der Waals surface area contributed by atoms with E-state index >= 15 is 0 Å². The number of nitrogens with two attached hydrogens (primary N) is 1. The first-order valence-corrected chi connectivity index (χ1v) is 8.81. The average molecular weight is 407 g/mol. The van der Waals surface area contributed by atoms with Crippen LogP contribution in [0.1, 0.15) is 17.5 Å². The summed E-state index contributed by atoms with van der Waals surface area (Å²) in [4.78, 5) is 16.5. The van der Waals surface area contributed by atoms with E-state index in [-0.39, 0.29) is 24.6 Å². The number of nitrogens with zero attached hydrogens (tertiary/aromatic N) is 1. The molecule has 2 aromatic carbocycles. The second-order valence-electron chi connectivity index (χ2n) is 5.72. The molecule has 142 valence electrons. The lowest BCUT2D eigenvalue weighted by atomic mass is 10.1. The van der Waals surface area contributed by atoms with Crippen molar-refractivity contribution in [1.82, 2.24) is 5.32 Å². The number of halogens is 2. The fourth-order valence-electron chi connectivity index (χ4n) is 2.53. The number of carbonyl (C=O) groups excluding carboxylic acids is 1. The van der Waals surface area contributed by atoms with Gasteiger partial charge >= 0.3 is 0 Å². The molecule has 0 radical (unpaired) electrons. The number of benzene rings is 2. The molecule has 2 aromatic rings. The van der Waals surface area contributed by atoms with E-state index in [2.05, 4.69) is 10.3 Å². The maximum atomic E-state index is 12.3. The van der Waals surface area contributed by atoms with Gasteiger partial charge in [-0.1, -0.05) is 35.3 Å². The molecule has 0 spiro atoms. The molecule has 0 unspecified atom stereocenters. The predicted octanol–water partition coefficient (Wildman–Crippen LogP) is 3.73. The Labute approximate surface area is 167 Å². The predicted molar refractivity (Wildman–Crippen MR) is 111 cm³/mol. The molecule has 0 aliphatic heterocycles. The number of amides is 1. The topological polar surface area (TPSA) is 101 Å². The molecule has 0 atom stereocenters. The summed E-state index contributed by atoms with van der Waals surface area (Å²) in [6, 6.07) is 10.6. The minimum atomic E-state index is -0.348. The van der Waals surface area contributed by atoms with Gasteiger partial charge in [0.15, 0.2) is 0 Å². The van der Waals surface area contributed by atoms with Gasteiger partial charge < -0.3 is 15.8 Å². The van der Waals surface area contributed by atoms with Crippen molar-refractivity contribution in [2.24, 2.45) is 4.99 Å². The third kappa shape index (κ3) is 5.45. The number of amidine groups is 1. The molecular weight excluding hydrogens is 387 g/mol. The maximum Gasteiger partial charge on any atom is 0.231 e. The Morgan fingerprint density at radius 3 is 2.48 bits per heavy atom. The van der Waals surface area contributed by atoms with Crippen molar-refractivity contribution < 1.29 is 9.53 Å². The summed E-state index contributed by atoms with van der Waals surface area (Å²) >= 11 is 12.0. The number of rotatable bonds is 6. The molecule has 6 nitrogen and oxygen atoms in total. The highest BCUT2D eigenvalue weighted by atomic mass is 35.5. The number of aliphatic imine (C=N–C) groups is 1. The van der Waals surface area contributed by atoms with Crippen LogP contribution in [-0.4, -0.2) is 31.6 Å². The SMILES string of the molecule is CN=C(CC(=O)NC(=N)Cc1cc(Cl)c(N)c(Cl)c1)c1ccccc1OC. The van der Waals surface area contributed by atoms with Crippen molar-refractivity contribution >= 4 is 46.3 Å². The van der Waals surface area contributed by atoms with Crippen molar-refractivity contribution in [2.75, 3.05) is 19.9 Å². The monoisotopic (exact) mass is 406 g/mol. The lowest BCUT2D eigenvalue weighted by Crippen LogP contribution is -2.32. The van der Waals surface area contributed by atoms with Gasteiger partial charge in [-0.3, -0.25) is 15.2 Å². The van der Waals surface area contributed by atoms with Crippen LogP contribution in [0.2, 0.25) is 10.0 Å². The van der Waals surface area contributed by atoms with Crippen LogP contribution in [0.5, 0.6) is 5.75 Å². The lowest BCUT2D eigenvalue weighted by molar-refractivity contribution is -0.118. The molecule has 0 saturated heterocycles. The third-order valence-corrected chi connectivity index (χ3v) is 4.45. The minimum absolute atomic E-state index is 0.0164. The largest absolute Gasteiger partial charge is 0.496 e. The fraction of sp³-hybridized carbons (Fsp3) is 0.211. The molecule has 2 rings (SSSR count). The van der Waals surface area contributed by atoms with E-state index in [0.29, 0.717) is 32.8 Å². The molecule has 0 saturated carbocycles. The summed E-state index contributed by atoms with van der Waals surface area (Å²) in [5.74, 6) is 0.304. The second-order valence-corrected chi connectivity index (χ2v) is 6.54. The van der Waals surface area contributed by atoms with E-state index in [1.807, 2.05) is 18.2 Å². The Kier molecular flexibility index (Phi) is 7.21. The number of carbonyl (C=O) groups is 1. The number of hydrogen-bond acceptors (Lipinski definition) is 5. The highest BCUT2D eigenvalue weighted by Gasteiger charge is 2.15. The van der Waals surface area contributed by atoms with E-state index in [1.54, 1.807) is 32.4 Å². The molecule has 1 amide bonds. The molecule has 0 aliphatic rings. The van der Waals surface area contributed by atoms with Crippen LogP contribution in [0.4, 0.5) is 5.69 Å². The Morgan fingerprint density at radius 2 is 1.89 bits per heavy atom. The van der Waals surface area contributed by atoms with Gasteiger partial charge in [0.1, 0.15) is 11.6 Å². The summed E-state index contributed by atoms with van der Waals surface area (Å²) in [5.41, 5.74) is 7.97. The number of nitrogens with one attached hydrogen (secondary N) is 2. The van der Waals surface area contributed by atoms with E-state index in [1.165, 1.54) is 0 Å². The summed E-state index contributed by atoms with van der Waals surface area (Å²) in [6.07, 6.45) is 0.182. The van der Waals surface area contributed by atoms with Gasteiger partial charge in [-0.05, 0) is 29.8 Å². The first-order valence-electron chi connectivity index (χ1n) is 8.05. The van der Waals surface area contributed by atoms with E-state index in [9.17, 15) is 4.79 Å². The first-order chi connectivity index (χ1) is 12.8. The van der Waals surface area contributed by atoms with E-state index in [4.69, 9.17) is 39.1 Å². The van der Waals surface area contributed by atoms with Crippen LogP contribution in [-0.2, 0) is 11.2 Å². The Morgan fingerprint density at radius 1 is 1.26 bits per heavy atom. The average Bonchev–Trinajstić information content (AvgIpc) is 2.63. The second kappa shape index (κ2) is 9.39. The molecule has 0 bridgehead atoms. The van der Waals surface area contributed by atoms with Crippen LogP contribution < -0.4 is 15.8 Å². The molecule has 27 heavy (non-hydrogen) atoms. The van der Waals surface area contributed by atoms with Crippen molar-refractivity contribution in [3.8, 4) is 5.75 Å². The number of para-hydroxylation sites is 1. The first kappa shape index (κ1) is 20.7. The molecule has 0 heterocycles. The fourth-order valence-corrected chi connectivity index (χ4v) is 3.06. The summed E-state index contributed by atoms with van der Waals surface area (Å²) in [7, 11) is 3.17. The number of nitrogen functional groups attached to an aromatic ring is 1. The van der Waals surface area contributed by atoms with Crippen LogP contribution in [0.15, 0.2) is 41.4 Å². The number of anilines is 1. The summed E-state index contributed by atoms with van der Waals surface area (Å²) in [6.45, 7) is 0. The van der Waals surface area contributed by atoms with Gasteiger partial charge in [-0.2, -0.15) is 0 Å². The molecule has 0 aliphatic carbocycles. The van der Waals surface area contributed by atoms with Crippen molar-refractivity contribution in [1.29, 1.82) is 5.41 Å². The molecule has 4 N–H and O–H groups in total. The minimum Gasteiger partial charge on any atom is -0.496 e. The van der Waals surface area contributed by atoms with Gasteiger partial charge in [0.2, 0.25) is 5.91 Å². The van der Waals surface area contributed by atoms with Crippen molar-refractivity contribution in [2.45, 2.75) is 12.8 Å². The quantitative estimate of drug-likeness (QED) is 0.386. The molecule has 0 aromatic heterocycles. The van der Waals surface area contributed by atoms with E-state index in [0.717, 1.165) is 5.56 Å². The van der Waals surface area contributed by atoms with Crippen LogP contribution in [0.3, 0.4) is 0 Å². The zero-order valence-corrected chi connectivity index (χ0v) is 16.5. The van der Waals surface area contributed by atoms with Gasteiger partial charge in [0, 0.05) is 19.0 Å². The Balaban J connectivity index is 2.03. The zero-order chi connectivity index (χ0) is 20.0. The van der Waals surface area contributed by atoms with Crippen LogP contribution >= 0.6 is 23.2 Å². The van der Waals surface area contributed by atoms with E-state index < -0.39 is 0 Å². The van der Waals surface area contributed by atoms with Gasteiger partial charge in [-0.15, -0.1) is 0 Å². The smallest absolute Gasteiger partial charge is 0.231 e. The van der Waals surface area contributed by atoms with Crippen molar-refractivity contribution in [3.63, 3.8) is 0 Å². The summed E-state index contributed by atoms with van der Waals surface area (Å²) < 4.78 is 5.31. The van der Waals surface area contributed by atoms with Gasteiger partial charge in [-0.25, -0.2) is 0 Å². The van der Waals surface area contributed by atoms with Crippen LogP contribution in [0.25, 0.3) is 0 Å². The van der Waals surface area contributed by atoms with Gasteiger partial charge in [0.25, 0.3) is 0 Å². The normalized spacial score (nSPS) is 11.2. The highest BCUT2D eigenvalue weighted by Crippen LogP contribution is 2.29. The molecular formula is C19H20Cl2N4O2. The van der Waals surface area contributed by atoms with Crippen molar-refractivity contribution in [3.05, 3.63) is 57.6 Å². The lowest BCUT2D eigenvalue weighted by Gasteiger charge is -2.12. The summed E-state index contributed by atoms with van der Waals surface area (Å²) in [5, 5.41) is 11.2. The maximum absolute atomic E-state index is 12.3. The standard InChI is InChI=1S/C19H20Cl2N4O2/c1-24-15(12-5-3-4-6-16(12)27-2)10-18(26)25-17(22)9-11-7-13(20)19(23)14(21)8-11/h3-8H,9-10,23H2,1-2H3,(H2,22,25,26). The Hall–Kier alpha value is -2.57. The highest BCUT2D eigenvalue weighted by molar-refractivity contribution is 6.39. The van der Waals surface area contributed by atoms with Crippen LogP contribution in [0, 0.1) is 5.41 Å². The zero-order valence-electron chi connectivity index (χ0n) is 15.0. The molecule has 0 fully saturated rings. The number of hydrogen-bond donors (Lipinski definition) is 3. The Bertz CT molecular complexity index is 874. The number of methoxy groups -OCH3 is 1.